The van der Waals surface area contributed by atoms with Gasteiger partial charge in [0.1, 0.15) is 0 Å². The zero-order valence-electron chi connectivity index (χ0n) is 18.2. The van der Waals surface area contributed by atoms with Gasteiger partial charge in [0.2, 0.25) is 0 Å². The zero-order valence-corrected chi connectivity index (χ0v) is 18.2. The fourth-order valence-corrected chi connectivity index (χ4v) is 4.47. The number of rotatable bonds is 5. The van der Waals surface area contributed by atoms with E-state index in [1.807, 2.05) is 55.6 Å². The maximum atomic E-state index is 11.5. The number of aromatic nitrogens is 2. The number of nitrogen functional groups attached to an aromatic ring is 2. The molecule has 2 aromatic heterocycles. The summed E-state index contributed by atoms with van der Waals surface area (Å²) >= 11 is 0. The number of carboxylic acids is 1. The van der Waals surface area contributed by atoms with E-state index in [2.05, 4.69) is 27.8 Å². The van der Waals surface area contributed by atoms with Crippen LogP contribution >= 0.6 is 0 Å². The Hall–Kier alpha value is -4.32. The summed E-state index contributed by atoms with van der Waals surface area (Å²) in [5, 5.41) is 11.5. The first-order valence-corrected chi connectivity index (χ1v) is 10.7. The van der Waals surface area contributed by atoms with Gasteiger partial charge in [0.05, 0.1) is 11.9 Å². The third kappa shape index (κ3) is 3.99. The van der Waals surface area contributed by atoms with Crippen molar-refractivity contribution < 1.29 is 9.90 Å². The monoisotopic (exact) mass is 436 g/mol. The van der Waals surface area contributed by atoms with Crippen molar-refractivity contribution in [2.24, 2.45) is 0 Å². The summed E-state index contributed by atoms with van der Waals surface area (Å²) in [5.41, 5.74) is 19.9. The first-order valence-electron chi connectivity index (χ1n) is 10.7. The molecule has 6 heteroatoms. The average Bonchev–Trinajstić information content (AvgIpc) is 3.09. The van der Waals surface area contributed by atoms with Crippen molar-refractivity contribution in [3.63, 3.8) is 0 Å². The molecule has 0 saturated heterocycles. The molecule has 5 N–H and O–H groups in total. The number of aliphatic carboxylic acids is 1. The van der Waals surface area contributed by atoms with E-state index < -0.39 is 5.97 Å². The Morgan fingerprint density at radius 1 is 0.909 bits per heavy atom. The van der Waals surface area contributed by atoms with E-state index in [-0.39, 0.29) is 6.42 Å². The Kier molecular flexibility index (Phi) is 4.98. The minimum Gasteiger partial charge on any atom is -0.481 e. The van der Waals surface area contributed by atoms with Gasteiger partial charge >= 0.3 is 5.97 Å². The summed E-state index contributed by atoms with van der Waals surface area (Å²) in [6.45, 7) is 2.58. The van der Waals surface area contributed by atoms with E-state index in [0.29, 0.717) is 17.9 Å². The molecule has 0 spiro atoms. The molecule has 0 fully saturated rings. The molecule has 0 saturated carbocycles. The average molecular weight is 437 g/mol. The standard InChI is InChI=1S/C27H24N4O2/c1-16-5-7-23-18(3-2-4-25(23)30-16)14-31-15-20(12-27(32)33)24-8-6-17(11-26(24)31)19-9-21(28)13-22(29)10-19/h2-11,13,15H,12,14,28-29H2,1H3,(H,32,33). The first kappa shape index (κ1) is 20.6. The number of anilines is 2. The highest BCUT2D eigenvalue weighted by molar-refractivity contribution is 5.92. The SMILES string of the molecule is Cc1ccc2c(Cn3cc(CC(=O)O)c4ccc(-c5cc(N)cc(N)c5)cc43)cccc2n1. The van der Waals surface area contributed by atoms with Crippen molar-refractivity contribution in [2.75, 3.05) is 11.5 Å². The third-order valence-corrected chi connectivity index (χ3v) is 5.92. The molecule has 0 unspecified atom stereocenters. The molecule has 0 aliphatic rings. The van der Waals surface area contributed by atoms with Crippen LogP contribution in [0.1, 0.15) is 16.8 Å². The maximum absolute atomic E-state index is 11.5. The normalized spacial score (nSPS) is 11.3. The smallest absolute Gasteiger partial charge is 0.307 e. The molecule has 0 aliphatic carbocycles. The predicted molar refractivity (Wildman–Crippen MR) is 133 cm³/mol. The van der Waals surface area contributed by atoms with Gasteiger partial charge in [-0.2, -0.15) is 0 Å². The van der Waals surface area contributed by atoms with Gasteiger partial charge in [0.25, 0.3) is 0 Å². The Morgan fingerprint density at radius 2 is 1.67 bits per heavy atom. The van der Waals surface area contributed by atoms with Gasteiger partial charge < -0.3 is 21.1 Å². The Morgan fingerprint density at radius 3 is 2.42 bits per heavy atom. The fourth-order valence-electron chi connectivity index (χ4n) is 4.47. The van der Waals surface area contributed by atoms with Crippen LogP contribution in [0.4, 0.5) is 11.4 Å². The number of nitrogens with zero attached hydrogens (tertiary/aromatic N) is 2. The van der Waals surface area contributed by atoms with Crippen LogP contribution in [0.2, 0.25) is 0 Å². The summed E-state index contributed by atoms with van der Waals surface area (Å²) in [5.74, 6) is -0.855. The molecular formula is C27H24N4O2. The molecule has 5 aromatic rings. The molecular weight excluding hydrogens is 412 g/mol. The van der Waals surface area contributed by atoms with Crippen LogP contribution in [0, 0.1) is 6.92 Å². The number of hydrogen-bond acceptors (Lipinski definition) is 4. The second-order valence-electron chi connectivity index (χ2n) is 8.41. The summed E-state index contributed by atoms with van der Waals surface area (Å²) in [4.78, 5) is 16.1. The number of pyridine rings is 1. The molecule has 0 amide bonds. The lowest BCUT2D eigenvalue weighted by Gasteiger charge is -2.11. The molecule has 33 heavy (non-hydrogen) atoms. The predicted octanol–water partition coefficient (Wildman–Crippen LogP) is 5.00. The van der Waals surface area contributed by atoms with Crippen molar-refractivity contribution in [3.05, 3.63) is 89.7 Å². The van der Waals surface area contributed by atoms with Crippen LogP contribution < -0.4 is 11.5 Å². The topological polar surface area (TPSA) is 107 Å². The lowest BCUT2D eigenvalue weighted by atomic mass is 10.0. The van der Waals surface area contributed by atoms with E-state index in [9.17, 15) is 9.90 Å². The molecule has 3 aromatic carbocycles. The van der Waals surface area contributed by atoms with Crippen LogP contribution in [0.3, 0.4) is 0 Å². The number of hydrogen-bond donors (Lipinski definition) is 3. The Balaban J connectivity index is 1.66. The van der Waals surface area contributed by atoms with E-state index in [0.717, 1.165) is 49.8 Å². The maximum Gasteiger partial charge on any atom is 0.307 e. The quantitative estimate of drug-likeness (QED) is 0.336. The van der Waals surface area contributed by atoms with Crippen molar-refractivity contribution in [3.8, 4) is 11.1 Å². The lowest BCUT2D eigenvalue weighted by molar-refractivity contribution is -0.136. The second-order valence-corrected chi connectivity index (χ2v) is 8.41. The molecule has 0 aliphatic heterocycles. The van der Waals surface area contributed by atoms with E-state index >= 15 is 0 Å². The number of nitrogens with two attached hydrogens (primary N) is 2. The number of fused-ring (bicyclic) bond motifs is 2. The Bertz CT molecular complexity index is 1510. The number of carboxylic acid groups (broad SMARTS) is 1. The molecule has 0 atom stereocenters. The highest BCUT2D eigenvalue weighted by Gasteiger charge is 2.14. The van der Waals surface area contributed by atoms with Crippen molar-refractivity contribution >= 4 is 39.1 Å². The molecule has 6 nitrogen and oxygen atoms in total. The van der Waals surface area contributed by atoms with Gasteiger partial charge in [-0.05, 0) is 65.6 Å². The van der Waals surface area contributed by atoms with Crippen LogP contribution in [0.15, 0.2) is 72.9 Å². The van der Waals surface area contributed by atoms with Crippen LogP contribution in [-0.2, 0) is 17.8 Å². The number of carbonyl (C=O) groups is 1. The third-order valence-electron chi connectivity index (χ3n) is 5.92. The summed E-state index contributed by atoms with van der Waals surface area (Å²) < 4.78 is 2.11. The highest BCUT2D eigenvalue weighted by Crippen LogP contribution is 2.31. The van der Waals surface area contributed by atoms with Gasteiger partial charge in [-0.1, -0.05) is 30.3 Å². The molecule has 0 radical (unpaired) electrons. The largest absolute Gasteiger partial charge is 0.481 e. The first-order chi connectivity index (χ1) is 15.9. The van der Waals surface area contributed by atoms with Crippen molar-refractivity contribution in [1.82, 2.24) is 9.55 Å². The van der Waals surface area contributed by atoms with Crippen LogP contribution in [0.25, 0.3) is 32.9 Å². The zero-order chi connectivity index (χ0) is 23.1. The summed E-state index contributed by atoms with van der Waals surface area (Å²) in [6.07, 6.45) is 1.90. The van der Waals surface area contributed by atoms with Crippen LogP contribution in [0.5, 0.6) is 0 Å². The molecule has 164 valence electrons. The van der Waals surface area contributed by atoms with E-state index in [1.54, 1.807) is 6.07 Å². The van der Waals surface area contributed by atoms with E-state index in [1.165, 1.54) is 0 Å². The summed E-state index contributed by atoms with van der Waals surface area (Å²) in [6, 6.07) is 21.8. The number of benzene rings is 3. The fraction of sp³-hybridized carbons (Fsp3) is 0.111. The minimum absolute atomic E-state index is 0.0373. The Labute approximate surface area is 191 Å². The van der Waals surface area contributed by atoms with Crippen LogP contribution in [-0.4, -0.2) is 20.6 Å². The van der Waals surface area contributed by atoms with Crippen molar-refractivity contribution in [2.45, 2.75) is 19.9 Å². The minimum atomic E-state index is -0.855. The highest BCUT2D eigenvalue weighted by atomic mass is 16.4. The molecule has 5 rings (SSSR count). The number of aryl methyl sites for hydroxylation is 1. The van der Waals surface area contributed by atoms with Gasteiger partial charge in [-0.3, -0.25) is 9.78 Å². The van der Waals surface area contributed by atoms with Gasteiger partial charge in [0, 0.05) is 46.1 Å². The molecule has 2 heterocycles. The van der Waals surface area contributed by atoms with Gasteiger partial charge in [-0.15, -0.1) is 0 Å². The van der Waals surface area contributed by atoms with Gasteiger partial charge in [0.15, 0.2) is 0 Å². The second kappa shape index (κ2) is 7.98. The van der Waals surface area contributed by atoms with Gasteiger partial charge in [-0.25, -0.2) is 0 Å². The van der Waals surface area contributed by atoms with Crippen molar-refractivity contribution in [1.29, 1.82) is 0 Å². The summed E-state index contributed by atoms with van der Waals surface area (Å²) in [7, 11) is 0. The molecule has 0 bridgehead atoms. The van der Waals surface area contributed by atoms with E-state index in [4.69, 9.17) is 11.5 Å². The lowest BCUT2D eigenvalue weighted by Crippen LogP contribution is -2.01.